The molecule has 0 aliphatic rings. The highest BCUT2D eigenvalue weighted by molar-refractivity contribution is 7.92. The molecule has 0 aliphatic heterocycles. The van der Waals surface area contributed by atoms with Crippen molar-refractivity contribution in [3.8, 4) is 46.0 Å². The van der Waals surface area contributed by atoms with Gasteiger partial charge in [0.2, 0.25) is 21.9 Å². The normalized spacial score (nSPS) is 12.4. The number of methoxy groups -OCH3 is 4. The summed E-state index contributed by atoms with van der Waals surface area (Å²) >= 11 is 0. The number of halogens is 4. The molecule has 0 spiro atoms. The minimum atomic E-state index is -4.53. The number of benzene rings is 3. The molecule has 3 aromatic heterocycles. The zero-order valence-corrected chi connectivity index (χ0v) is 44.1. The maximum Gasteiger partial charge on any atom is 0.397 e. The van der Waals surface area contributed by atoms with Gasteiger partial charge in [0.1, 0.15) is 35.3 Å². The largest absolute Gasteiger partial charge is 0.497 e. The lowest BCUT2D eigenvalue weighted by Gasteiger charge is -2.33. The number of aromatic nitrogens is 5. The van der Waals surface area contributed by atoms with E-state index in [9.17, 15) is 34.4 Å². The highest BCUT2D eigenvalue weighted by Crippen LogP contribution is 2.38. The lowest BCUT2D eigenvalue weighted by Crippen LogP contribution is -2.49. The second kappa shape index (κ2) is 24.2. The van der Waals surface area contributed by atoms with Gasteiger partial charge in [0.25, 0.3) is 10.0 Å². The van der Waals surface area contributed by atoms with E-state index in [-0.39, 0.29) is 42.8 Å². The van der Waals surface area contributed by atoms with Crippen LogP contribution in [0.25, 0.3) is 17.1 Å². The van der Waals surface area contributed by atoms with Crippen molar-refractivity contribution < 1.29 is 58.1 Å². The molecule has 0 unspecified atom stereocenters. The molecule has 0 fully saturated rings. The first kappa shape index (κ1) is 56.7. The second-order valence-corrected chi connectivity index (χ2v) is 22.7. The summed E-state index contributed by atoms with van der Waals surface area (Å²) in [5, 5.41) is 7.11. The molecule has 0 atom stereocenters. The molecule has 3 aromatic carbocycles. The van der Waals surface area contributed by atoms with Crippen LogP contribution in [0.1, 0.15) is 70.1 Å². The van der Waals surface area contributed by atoms with Crippen molar-refractivity contribution in [1.29, 1.82) is 0 Å². The summed E-state index contributed by atoms with van der Waals surface area (Å²) in [6.45, 7) is 5.43. The van der Waals surface area contributed by atoms with Gasteiger partial charge in [0.05, 0.1) is 44.8 Å². The summed E-state index contributed by atoms with van der Waals surface area (Å²) in [6, 6.07) is 22.5. The van der Waals surface area contributed by atoms with Crippen molar-refractivity contribution in [2.75, 3.05) is 52.9 Å². The molecular weight excluding hydrogens is 1010 g/mol. The van der Waals surface area contributed by atoms with E-state index in [1.54, 1.807) is 76.6 Å². The van der Waals surface area contributed by atoms with E-state index >= 15 is 0 Å². The fraction of sp³-hybridized carbons (Fsp3) is 0.412. The average molecular weight is 1070 g/mol. The summed E-state index contributed by atoms with van der Waals surface area (Å²) in [6.07, 6.45) is 1.68. The van der Waals surface area contributed by atoms with E-state index in [0.717, 1.165) is 63.4 Å². The first-order valence-electron chi connectivity index (χ1n) is 23.5. The summed E-state index contributed by atoms with van der Waals surface area (Å²) in [5.41, 5.74) is 0.718. The molecule has 0 amide bonds. The Kier molecular flexibility index (Phi) is 18.5. The Morgan fingerprint density at radius 1 is 0.716 bits per heavy atom. The van der Waals surface area contributed by atoms with Crippen LogP contribution in [0.15, 0.2) is 102 Å². The number of anilines is 1. The van der Waals surface area contributed by atoms with Crippen LogP contribution in [0, 0.1) is 11.4 Å². The van der Waals surface area contributed by atoms with Crippen LogP contribution < -0.4 is 33.7 Å². The Bertz CT molecular complexity index is 3030. The van der Waals surface area contributed by atoms with Crippen LogP contribution in [0.4, 0.5) is 23.4 Å². The second-order valence-electron chi connectivity index (χ2n) is 18.5. The Labute approximate surface area is 429 Å². The molecule has 6 aromatic rings. The van der Waals surface area contributed by atoms with Gasteiger partial charge in [-0.15, -0.1) is 5.10 Å². The van der Waals surface area contributed by atoms with Crippen molar-refractivity contribution in [2.24, 2.45) is 5.41 Å². The number of hydrogen-bond donors (Lipinski definition) is 2. The van der Waals surface area contributed by atoms with Gasteiger partial charge in [-0.05, 0) is 83.3 Å². The van der Waals surface area contributed by atoms with E-state index in [4.69, 9.17) is 23.7 Å². The Morgan fingerprint density at radius 2 is 1.35 bits per heavy atom. The van der Waals surface area contributed by atoms with E-state index in [1.165, 1.54) is 41.5 Å². The standard InChI is InChI=1S/C51H62F4N8O9S2/c1-49(2,51(53,54)55)34-72-45-25-27-63(60-45)48-47(59-44(30-57-48)61-73(64,65)46-20-15-19-43(52)58-46)40-18-13-12-17-35(40)16-11-9-10-14-26-56-33-50(3,4)74(66,67)62(31-36-21-23-38(68-5)28-41(36)70-7)32-37-22-24-39(69-6)29-42(37)71-8/h12-13,15,17-25,27-30,56H,9-11,14,16,26,31-34H2,1-8H3,(H,59,61). The summed E-state index contributed by atoms with van der Waals surface area (Å²) in [5.74, 6) is 0.886. The molecule has 2 N–H and O–H groups in total. The molecule has 400 valence electrons. The molecule has 23 heteroatoms. The number of unbranched alkanes of at least 4 members (excludes halogenated alkanes) is 3. The molecule has 0 saturated heterocycles. The number of pyridine rings is 1. The van der Waals surface area contributed by atoms with Crippen molar-refractivity contribution in [2.45, 2.75) is 88.8 Å². The maximum atomic E-state index is 14.7. The van der Waals surface area contributed by atoms with Gasteiger partial charge in [0.15, 0.2) is 16.7 Å². The predicted octanol–water partition coefficient (Wildman–Crippen LogP) is 9.17. The summed E-state index contributed by atoms with van der Waals surface area (Å²) < 4.78 is 142. The zero-order chi connectivity index (χ0) is 53.9. The molecule has 17 nitrogen and oxygen atoms in total. The van der Waals surface area contributed by atoms with Crippen LogP contribution in [-0.2, 0) is 39.6 Å². The first-order valence-corrected chi connectivity index (χ1v) is 26.4. The van der Waals surface area contributed by atoms with Crippen LogP contribution in [0.2, 0.25) is 0 Å². The van der Waals surface area contributed by atoms with Gasteiger partial charge in [-0.1, -0.05) is 55.3 Å². The van der Waals surface area contributed by atoms with E-state index < -0.39 is 54.0 Å². The quantitative estimate of drug-likeness (QED) is 0.0281. The van der Waals surface area contributed by atoms with E-state index in [0.29, 0.717) is 52.7 Å². The van der Waals surface area contributed by atoms with Gasteiger partial charge in [0, 0.05) is 60.7 Å². The van der Waals surface area contributed by atoms with Crippen molar-refractivity contribution in [3.63, 3.8) is 0 Å². The Balaban J connectivity index is 1.13. The number of alkyl halides is 3. The molecule has 6 rings (SSSR count). The first-order chi connectivity index (χ1) is 35.0. The average Bonchev–Trinajstić information content (AvgIpc) is 3.85. The number of hydrogen-bond acceptors (Lipinski definition) is 14. The minimum Gasteiger partial charge on any atom is -0.497 e. The number of rotatable bonds is 27. The predicted molar refractivity (Wildman–Crippen MR) is 271 cm³/mol. The van der Waals surface area contributed by atoms with Crippen LogP contribution >= 0.6 is 0 Å². The van der Waals surface area contributed by atoms with Gasteiger partial charge < -0.3 is 29.0 Å². The number of nitrogens with zero attached hydrogens (tertiary/aromatic N) is 6. The zero-order valence-electron chi connectivity index (χ0n) is 42.5. The molecular formula is C51H62F4N8O9S2. The fourth-order valence-electron chi connectivity index (χ4n) is 7.64. The molecule has 0 aliphatic carbocycles. The van der Waals surface area contributed by atoms with Crippen LogP contribution in [0.5, 0.6) is 28.9 Å². The number of ether oxygens (including phenoxy) is 5. The van der Waals surface area contributed by atoms with Crippen molar-refractivity contribution in [1.82, 2.24) is 34.4 Å². The highest BCUT2D eigenvalue weighted by Gasteiger charge is 2.48. The topological polar surface area (TPSA) is 198 Å². The molecule has 74 heavy (non-hydrogen) atoms. The number of nitrogens with one attached hydrogen (secondary N) is 2. The fourth-order valence-corrected chi connectivity index (χ4v) is 10.2. The van der Waals surface area contributed by atoms with Crippen LogP contribution in [0.3, 0.4) is 0 Å². The Morgan fingerprint density at radius 3 is 1.96 bits per heavy atom. The maximum absolute atomic E-state index is 14.7. The lowest BCUT2D eigenvalue weighted by atomic mass is 9.94. The molecule has 0 radical (unpaired) electrons. The molecule has 0 bridgehead atoms. The third kappa shape index (κ3) is 14.0. The van der Waals surface area contributed by atoms with E-state index in [2.05, 4.69) is 30.1 Å². The lowest BCUT2D eigenvalue weighted by molar-refractivity contribution is -0.219. The van der Waals surface area contributed by atoms with Crippen molar-refractivity contribution in [3.05, 3.63) is 120 Å². The summed E-state index contributed by atoms with van der Waals surface area (Å²) in [4.78, 5) is 12.6. The Hall–Kier alpha value is -6.56. The monoisotopic (exact) mass is 1070 g/mol. The highest BCUT2D eigenvalue weighted by atomic mass is 32.2. The SMILES string of the molecule is COc1ccc(CN(Cc2ccc(OC)cc2OC)S(=O)(=O)C(C)(C)CNCCCCCCc2ccccc2-c2nc(NS(=O)(=O)c3cccc(F)n3)cnc2-n2ccc(OCC(C)(C)C(F)(F)F)n2)c(OC)c1. The van der Waals surface area contributed by atoms with Gasteiger partial charge in [-0.3, -0.25) is 4.72 Å². The molecule has 3 heterocycles. The van der Waals surface area contributed by atoms with Gasteiger partial charge >= 0.3 is 6.18 Å². The molecule has 0 saturated carbocycles. The third-order valence-electron chi connectivity index (χ3n) is 12.2. The third-order valence-corrected chi connectivity index (χ3v) is 15.9. The summed E-state index contributed by atoms with van der Waals surface area (Å²) in [7, 11) is -2.31. The van der Waals surface area contributed by atoms with Crippen molar-refractivity contribution >= 4 is 25.9 Å². The minimum absolute atomic E-state index is 0.00967. The van der Waals surface area contributed by atoms with Gasteiger partial charge in [-0.25, -0.2) is 28.1 Å². The number of aryl methyl sites for hydroxylation is 1. The van der Waals surface area contributed by atoms with Crippen LogP contribution in [-0.4, -0.2) is 105 Å². The smallest absolute Gasteiger partial charge is 0.397 e. The van der Waals surface area contributed by atoms with Gasteiger partial charge in [-0.2, -0.15) is 30.3 Å². The number of sulfonamides is 2. The van der Waals surface area contributed by atoms with E-state index in [1.807, 2.05) is 12.1 Å².